The first-order valence-corrected chi connectivity index (χ1v) is 5.90. The fraction of sp³-hybridized carbons (Fsp3) is 0.200. The van der Waals surface area contributed by atoms with E-state index in [0.29, 0.717) is 11.3 Å². The summed E-state index contributed by atoms with van der Waals surface area (Å²) in [5.74, 6) is -0.667. The lowest BCUT2D eigenvalue weighted by Crippen LogP contribution is -1.98. The van der Waals surface area contributed by atoms with E-state index in [1.807, 2.05) is 0 Å². The summed E-state index contributed by atoms with van der Waals surface area (Å²) >= 11 is 0. The Labute approximate surface area is 110 Å². The van der Waals surface area contributed by atoms with Crippen LogP contribution in [-0.2, 0) is 6.61 Å². The molecule has 0 aliphatic carbocycles. The average Bonchev–Trinajstić information content (AvgIpc) is 2.36. The second kappa shape index (κ2) is 5.80. The zero-order valence-corrected chi connectivity index (χ0v) is 10.4. The maximum Gasteiger partial charge on any atom is 0.126 e. The molecule has 0 bridgehead atoms. The minimum absolute atomic E-state index is 0.0860. The van der Waals surface area contributed by atoms with E-state index < -0.39 is 17.7 Å². The number of aliphatic hydroxyl groups excluding tert-OH is 1. The van der Waals surface area contributed by atoms with Crippen LogP contribution in [0.3, 0.4) is 0 Å². The number of hydrogen-bond acceptors (Lipinski definition) is 2. The molecule has 0 amide bonds. The van der Waals surface area contributed by atoms with Crippen molar-refractivity contribution in [1.29, 1.82) is 0 Å². The zero-order chi connectivity index (χ0) is 13.8. The third-order valence-corrected chi connectivity index (χ3v) is 2.69. The predicted octanol–water partition coefficient (Wildman–Crippen LogP) is 3.60. The van der Waals surface area contributed by atoms with Crippen LogP contribution in [0.15, 0.2) is 42.5 Å². The second-order valence-electron chi connectivity index (χ2n) is 4.31. The highest BCUT2D eigenvalue weighted by molar-refractivity contribution is 5.28. The van der Waals surface area contributed by atoms with E-state index in [9.17, 15) is 13.9 Å². The van der Waals surface area contributed by atoms with Gasteiger partial charge in [-0.15, -0.1) is 0 Å². The molecule has 19 heavy (non-hydrogen) atoms. The normalized spacial score (nSPS) is 12.2. The van der Waals surface area contributed by atoms with E-state index in [0.717, 1.165) is 11.6 Å². The SMILES string of the molecule is C[C@H](O)c1ccc(OCc2cc(F)cc(F)c2)cc1. The molecule has 1 atom stereocenters. The maximum absolute atomic E-state index is 13.0. The van der Waals surface area contributed by atoms with Crippen LogP contribution in [-0.4, -0.2) is 5.11 Å². The highest BCUT2D eigenvalue weighted by atomic mass is 19.1. The van der Waals surface area contributed by atoms with Crippen LogP contribution in [0, 0.1) is 11.6 Å². The summed E-state index contributed by atoms with van der Waals surface area (Å²) in [6.45, 7) is 1.76. The minimum atomic E-state index is -0.622. The number of rotatable bonds is 4. The van der Waals surface area contributed by atoms with Crippen molar-refractivity contribution in [3.63, 3.8) is 0 Å². The molecular formula is C15H14F2O2. The molecule has 0 saturated carbocycles. The fourth-order valence-corrected chi connectivity index (χ4v) is 1.70. The van der Waals surface area contributed by atoms with Crippen LogP contribution in [0.2, 0.25) is 0 Å². The Kier molecular flexibility index (Phi) is 4.12. The van der Waals surface area contributed by atoms with Gasteiger partial charge in [0.15, 0.2) is 0 Å². The molecule has 0 heterocycles. The molecule has 2 aromatic rings. The Hall–Kier alpha value is -1.94. The Balaban J connectivity index is 2.02. The van der Waals surface area contributed by atoms with Gasteiger partial charge in [0.25, 0.3) is 0 Å². The number of halogens is 2. The molecule has 1 N–H and O–H groups in total. The van der Waals surface area contributed by atoms with Gasteiger partial charge in [-0.3, -0.25) is 0 Å². The maximum atomic E-state index is 13.0. The number of hydrogen-bond donors (Lipinski definition) is 1. The van der Waals surface area contributed by atoms with E-state index in [1.54, 1.807) is 31.2 Å². The summed E-state index contributed by atoms with van der Waals surface area (Å²) in [4.78, 5) is 0. The molecule has 2 rings (SSSR count). The van der Waals surface area contributed by atoms with Crippen LogP contribution < -0.4 is 4.74 Å². The van der Waals surface area contributed by atoms with Crippen LogP contribution >= 0.6 is 0 Å². The predicted molar refractivity (Wildman–Crippen MR) is 67.8 cm³/mol. The average molecular weight is 264 g/mol. The first-order chi connectivity index (χ1) is 9.04. The molecule has 100 valence electrons. The molecule has 0 saturated heterocycles. The van der Waals surface area contributed by atoms with Gasteiger partial charge in [0, 0.05) is 6.07 Å². The summed E-state index contributed by atoms with van der Waals surface area (Å²) in [5, 5.41) is 9.36. The molecule has 4 heteroatoms. The van der Waals surface area contributed by atoms with Crippen LogP contribution in [0.1, 0.15) is 24.2 Å². The molecule has 0 fully saturated rings. The Morgan fingerprint density at radius 1 is 1.05 bits per heavy atom. The van der Waals surface area contributed by atoms with Gasteiger partial charge in [-0.25, -0.2) is 8.78 Å². The van der Waals surface area contributed by atoms with Crippen molar-refractivity contribution >= 4 is 0 Å². The Morgan fingerprint density at radius 2 is 1.63 bits per heavy atom. The van der Waals surface area contributed by atoms with E-state index in [4.69, 9.17) is 4.74 Å². The highest BCUT2D eigenvalue weighted by Crippen LogP contribution is 2.18. The third-order valence-electron chi connectivity index (χ3n) is 2.69. The first kappa shape index (κ1) is 13.5. The molecular weight excluding hydrogens is 250 g/mol. The van der Waals surface area contributed by atoms with Crippen LogP contribution in [0.5, 0.6) is 5.75 Å². The van der Waals surface area contributed by atoms with Crippen LogP contribution in [0.4, 0.5) is 8.78 Å². The lowest BCUT2D eigenvalue weighted by atomic mass is 10.1. The summed E-state index contributed by atoms with van der Waals surface area (Å²) in [6, 6.07) is 10.2. The molecule has 0 aliphatic rings. The van der Waals surface area contributed by atoms with Gasteiger partial charge in [0.05, 0.1) is 6.10 Å². The molecule has 0 radical (unpaired) electrons. The van der Waals surface area contributed by atoms with Gasteiger partial charge in [0.2, 0.25) is 0 Å². The van der Waals surface area contributed by atoms with E-state index in [1.165, 1.54) is 12.1 Å². The third kappa shape index (κ3) is 3.76. The summed E-state index contributed by atoms with van der Waals surface area (Å²) in [5.41, 5.74) is 1.21. The van der Waals surface area contributed by atoms with E-state index in [-0.39, 0.29) is 6.61 Å². The van der Waals surface area contributed by atoms with Crippen LogP contribution in [0.25, 0.3) is 0 Å². The van der Waals surface area contributed by atoms with E-state index >= 15 is 0 Å². The lowest BCUT2D eigenvalue weighted by Gasteiger charge is -2.09. The van der Waals surface area contributed by atoms with E-state index in [2.05, 4.69) is 0 Å². The quantitative estimate of drug-likeness (QED) is 0.914. The topological polar surface area (TPSA) is 29.5 Å². The minimum Gasteiger partial charge on any atom is -0.489 e. The number of ether oxygens (including phenoxy) is 1. The van der Waals surface area contributed by atoms with Crippen molar-refractivity contribution in [3.05, 3.63) is 65.2 Å². The number of benzene rings is 2. The molecule has 2 aromatic carbocycles. The largest absolute Gasteiger partial charge is 0.489 e. The molecule has 2 nitrogen and oxygen atoms in total. The highest BCUT2D eigenvalue weighted by Gasteiger charge is 2.03. The smallest absolute Gasteiger partial charge is 0.126 e. The van der Waals surface area contributed by atoms with Crippen molar-refractivity contribution in [2.24, 2.45) is 0 Å². The van der Waals surface area contributed by atoms with Gasteiger partial charge in [-0.1, -0.05) is 12.1 Å². The van der Waals surface area contributed by atoms with Crippen molar-refractivity contribution in [2.45, 2.75) is 19.6 Å². The second-order valence-corrected chi connectivity index (χ2v) is 4.31. The molecule has 0 spiro atoms. The van der Waals surface area contributed by atoms with Crippen molar-refractivity contribution in [2.75, 3.05) is 0 Å². The lowest BCUT2D eigenvalue weighted by molar-refractivity contribution is 0.199. The van der Waals surface area contributed by atoms with Gasteiger partial charge in [0.1, 0.15) is 24.0 Å². The van der Waals surface area contributed by atoms with Gasteiger partial charge >= 0.3 is 0 Å². The van der Waals surface area contributed by atoms with Gasteiger partial charge < -0.3 is 9.84 Å². The van der Waals surface area contributed by atoms with Gasteiger partial charge in [-0.05, 0) is 42.3 Å². The summed E-state index contributed by atoms with van der Waals surface area (Å²) < 4.78 is 31.4. The van der Waals surface area contributed by atoms with Crippen molar-refractivity contribution in [3.8, 4) is 5.75 Å². The number of aliphatic hydroxyl groups is 1. The van der Waals surface area contributed by atoms with Crippen molar-refractivity contribution < 1.29 is 18.6 Å². The Morgan fingerprint density at radius 3 is 2.16 bits per heavy atom. The summed E-state index contributed by atoms with van der Waals surface area (Å²) in [7, 11) is 0. The molecule has 0 aromatic heterocycles. The fourth-order valence-electron chi connectivity index (χ4n) is 1.70. The standard InChI is InChI=1S/C15H14F2O2/c1-10(18)12-2-4-15(5-3-12)19-9-11-6-13(16)8-14(17)7-11/h2-8,10,18H,9H2,1H3/t10-/m0/s1. The zero-order valence-electron chi connectivity index (χ0n) is 10.4. The first-order valence-electron chi connectivity index (χ1n) is 5.90. The van der Waals surface area contributed by atoms with Gasteiger partial charge in [-0.2, -0.15) is 0 Å². The Bertz CT molecular complexity index is 530. The summed E-state index contributed by atoms with van der Waals surface area (Å²) in [6.07, 6.45) is -0.536. The molecule has 0 unspecified atom stereocenters. The molecule has 0 aliphatic heterocycles. The van der Waals surface area contributed by atoms with Crippen molar-refractivity contribution in [1.82, 2.24) is 0 Å². The monoisotopic (exact) mass is 264 g/mol.